The third-order valence-electron chi connectivity index (χ3n) is 2.56. The van der Waals surface area contributed by atoms with Crippen molar-refractivity contribution in [2.45, 2.75) is 32.7 Å². The van der Waals surface area contributed by atoms with E-state index in [9.17, 15) is 4.79 Å². The van der Waals surface area contributed by atoms with Crippen molar-refractivity contribution >= 4 is 0 Å². The van der Waals surface area contributed by atoms with Gasteiger partial charge in [-0.1, -0.05) is 12.8 Å². The molecule has 0 N–H and O–H groups in total. The Morgan fingerprint density at radius 2 is 2.38 bits per heavy atom. The van der Waals surface area contributed by atoms with E-state index in [1.54, 1.807) is 23.9 Å². The molecule has 13 heavy (non-hydrogen) atoms. The Bertz CT molecular complexity index is 352. The molecule has 1 aliphatic rings. The number of hydrogen-bond acceptors (Lipinski definition) is 2. The summed E-state index contributed by atoms with van der Waals surface area (Å²) in [6.07, 6.45) is 7.31. The Morgan fingerprint density at radius 1 is 1.62 bits per heavy atom. The summed E-state index contributed by atoms with van der Waals surface area (Å²) in [5.41, 5.74) is 0.654. The maximum absolute atomic E-state index is 11.5. The van der Waals surface area contributed by atoms with E-state index in [1.165, 1.54) is 12.8 Å². The predicted molar refractivity (Wildman–Crippen MR) is 50.6 cm³/mol. The maximum Gasteiger partial charge on any atom is 0.271 e. The molecule has 2 rings (SSSR count). The number of hydrogen-bond donors (Lipinski definition) is 0. The molecule has 1 aromatic heterocycles. The Hall–Kier alpha value is -1.12. The highest BCUT2D eigenvalue weighted by atomic mass is 16.1. The second-order valence-corrected chi connectivity index (χ2v) is 3.74. The average Bonchev–Trinajstić information content (AvgIpc) is 2.91. The van der Waals surface area contributed by atoms with Crippen LogP contribution in [0.3, 0.4) is 0 Å². The standard InChI is InChI=1S/C10H14N2O/c1-8-10(13)12(7-5-11-8)6-4-9-2-3-9/h5,7,9H,2-4,6H2,1H3. The van der Waals surface area contributed by atoms with E-state index in [4.69, 9.17) is 0 Å². The molecule has 0 bridgehead atoms. The molecule has 0 radical (unpaired) electrons. The van der Waals surface area contributed by atoms with Gasteiger partial charge in [-0.05, 0) is 19.3 Å². The Morgan fingerprint density at radius 3 is 3.08 bits per heavy atom. The van der Waals surface area contributed by atoms with Crippen LogP contribution in [0, 0.1) is 12.8 Å². The van der Waals surface area contributed by atoms with Gasteiger partial charge in [0, 0.05) is 18.9 Å². The summed E-state index contributed by atoms with van der Waals surface area (Å²) in [4.78, 5) is 15.5. The van der Waals surface area contributed by atoms with E-state index in [0.29, 0.717) is 5.69 Å². The van der Waals surface area contributed by atoms with Gasteiger partial charge in [0.05, 0.1) is 0 Å². The first-order chi connectivity index (χ1) is 6.27. The zero-order chi connectivity index (χ0) is 9.26. The molecule has 3 nitrogen and oxygen atoms in total. The Kier molecular flexibility index (Phi) is 2.17. The second kappa shape index (κ2) is 3.32. The lowest BCUT2D eigenvalue weighted by atomic mass is 10.3. The number of nitrogens with zero attached hydrogens (tertiary/aromatic N) is 2. The fraction of sp³-hybridized carbons (Fsp3) is 0.600. The van der Waals surface area contributed by atoms with Crippen LogP contribution in [0.2, 0.25) is 0 Å². The highest BCUT2D eigenvalue weighted by molar-refractivity contribution is 4.94. The minimum atomic E-state index is 0.0585. The van der Waals surface area contributed by atoms with Gasteiger partial charge < -0.3 is 4.57 Å². The van der Waals surface area contributed by atoms with Crippen LogP contribution in [0.5, 0.6) is 0 Å². The van der Waals surface area contributed by atoms with Crippen molar-refractivity contribution in [3.63, 3.8) is 0 Å². The van der Waals surface area contributed by atoms with Crippen LogP contribution in [-0.2, 0) is 6.54 Å². The van der Waals surface area contributed by atoms with Crippen LogP contribution in [0.1, 0.15) is 25.0 Å². The maximum atomic E-state index is 11.5. The number of aryl methyl sites for hydroxylation is 2. The number of rotatable bonds is 3. The van der Waals surface area contributed by atoms with Crippen molar-refractivity contribution in [1.29, 1.82) is 0 Å². The van der Waals surface area contributed by atoms with E-state index < -0.39 is 0 Å². The smallest absolute Gasteiger partial charge is 0.271 e. The van der Waals surface area contributed by atoms with Crippen molar-refractivity contribution < 1.29 is 0 Å². The Labute approximate surface area is 77.4 Å². The van der Waals surface area contributed by atoms with Gasteiger partial charge in [0.25, 0.3) is 5.56 Å². The highest BCUT2D eigenvalue weighted by Crippen LogP contribution is 2.32. The molecule has 0 saturated heterocycles. The molecule has 0 amide bonds. The molecule has 0 unspecified atom stereocenters. The minimum Gasteiger partial charge on any atom is -0.312 e. The molecular weight excluding hydrogens is 164 g/mol. The van der Waals surface area contributed by atoms with Crippen molar-refractivity contribution in [3.8, 4) is 0 Å². The van der Waals surface area contributed by atoms with Crippen molar-refractivity contribution in [1.82, 2.24) is 9.55 Å². The van der Waals surface area contributed by atoms with Crippen LogP contribution in [0.4, 0.5) is 0 Å². The summed E-state index contributed by atoms with van der Waals surface area (Å²) >= 11 is 0. The van der Waals surface area contributed by atoms with Crippen LogP contribution in [-0.4, -0.2) is 9.55 Å². The highest BCUT2D eigenvalue weighted by Gasteiger charge is 2.20. The third kappa shape index (κ3) is 1.97. The molecule has 3 heteroatoms. The molecule has 1 fully saturated rings. The van der Waals surface area contributed by atoms with Crippen LogP contribution >= 0.6 is 0 Å². The summed E-state index contributed by atoms with van der Waals surface area (Å²) in [5.74, 6) is 0.875. The summed E-state index contributed by atoms with van der Waals surface area (Å²) in [7, 11) is 0. The molecule has 0 aliphatic heterocycles. The lowest BCUT2D eigenvalue weighted by Crippen LogP contribution is -2.22. The third-order valence-corrected chi connectivity index (χ3v) is 2.56. The normalized spacial score (nSPS) is 16.1. The summed E-state index contributed by atoms with van der Waals surface area (Å²) in [6, 6.07) is 0. The molecular formula is C10H14N2O. The molecule has 1 aromatic rings. The lowest BCUT2D eigenvalue weighted by molar-refractivity contribution is 0.575. The van der Waals surface area contributed by atoms with Gasteiger partial charge in [0.1, 0.15) is 5.69 Å². The first-order valence-electron chi connectivity index (χ1n) is 4.79. The largest absolute Gasteiger partial charge is 0.312 e. The molecule has 0 spiro atoms. The van der Waals surface area contributed by atoms with Gasteiger partial charge >= 0.3 is 0 Å². The zero-order valence-corrected chi connectivity index (χ0v) is 7.86. The quantitative estimate of drug-likeness (QED) is 0.700. The second-order valence-electron chi connectivity index (χ2n) is 3.74. The van der Waals surface area contributed by atoms with E-state index in [1.807, 2.05) is 0 Å². The topological polar surface area (TPSA) is 34.9 Å². The molecule has 70 valence electrons. The van der Waals surface area contributed by atoms with Gasteiger partial charge in [-0.3, -0.25) is 9.78 Å². The van der Waals surface area contributed by atoms with Gasteiger partial charge in [-0.15, -0.1) is 0 Å². The van der Waals surface area contributed by atoms with E-state index >= 15 is 0 Å². The van der Waals surface area contributed by atoms with Crippen molar-refractivity contribution in [2.75, 3.05) is 0 Å². The minimum absolute atomic E-state index is 0.0585. The van der Waals surface area contributed by atoms with Gasteiger partial charge in [0.15, 0.2) is 0 Å². The Balaban J connectivity index is 2.09. The number of aromatic nitrogens is 2. The van der Waals surface area contributed by atoms with Crippen LogP contribution < -0.4 is 5.56 Å². The SMILES string of the molecule is Cc1nccn(CCC2CC2)c1=O. The van der Waals surface area contributed by atoms with Crippen LogP contribution in [0.25, 0.3) is 0 Å². The van der Waals surface area contributed by atoms with Crippen molar-refractivity contribution in [3.05, 3.63) is 28.4 Å². The zero-order valence-electron chi connectivity index (χ0n) is 7.86. The van der Waals surface area contributed by atoms with Crippen molar-refractivity contribution in [2.24, 2.45) is 5.92 Å². The summed E-state index contributed by atoms with van der Waals surface area (Å²) < 4.78 is 1.76. The summed E-state index contributed by atoms with van der Waals surface area (Å²) in [5, 5.41) is 0. The molecule has 1 heterocycles. The van der Waals surface area contributed by atoms with Crippen LogP contribution in [0.15, 0.2) is 17.2 Å². The first kappa shape index (κ1) is 8.48. The van der Waals surface area contributed by atoms with Gasteiger partial charge in [0.2, 0.25) is 0 Å². The molecule has 0 atom stereocenters. The summed E-state index contributed by atoms with van der Waals surface area (Å²) in [6.45, 7) is 2.61. The van der Waals surface area contributed by atoms with E-state index in [2.05, 4.69) is 4.98 Å². The lowest BCUT2D eigenvalue weighted by Gasteiger charge is -2.04. The first-order valence-corrected chi connectivity index (χ1v) is 4.79. The fourth-order valence-electron chi connectivity index (χ4n) is 1.46. The fourth-order valence-corrected chi connectivity index (χ4v) is 1.46. The van der Waals surface area contributed by atoms with Gasteiger partial charge in [-0.2, -0.15) is 0 Å². The molecule has 1 saturated carbocycles. The van der Waals surface area contributed by atoms with E-state index in [0.717, 1.165) is 18.9 Å². The molecule has 0 aromatic carbocycles. The van der Waals surface area contributed by atoms with E-state index in [-0.39, 0.29) is 5.56 Å². The average molecular weight is 178 g/mol. The van der Waals surface area contributed by atoms with Gasteiger partial charge in [-0.25, -0.2) is 0 Å². The predicted octanol–water partition coefficient (Wildman–Crippen LogP) is 1.35. The monoisotopic (exact) mass is 178 g/mol. The molecule has 1 aliphatic carbocycles.